The summed E-state index contributed by atoms with van der Waals surface area (Å²) < 4.78 is 7.28. The largest absolute Gasteiger partial charge is 0.378 e. The number of carbonyl (C=O) groups excluding carboxylic acids is 1. The molecule has 1 aromatic carbocycles. The van der Waals surface area contributed by atoms with Crippen molar-refractivity contribution in [3.05, 3.63) is 41.7 Å². The van der Waals surface area contributed by atoms with Crippen molar-refractivity contribution < 1.29 is 9.53 Å². The second kappa shape index (κ2) is 9.53. The zero-order chi connectivity index (χ0) is 22.6. The molecule has 2 aliphatic rings. The zero-order valence-electron chi connectivity index (χ0n) is 18.8. The Labute approximate surface area is 192 Å². The van der Waals surface area contributed by atoms with E-state index in [-0.39, 0.29) is 12.5 Å². The van der Waals surface area contributed by atoms with E-state index in [1.165, 1.54) is 5.56 Å². The molecule has 0 bridgehead atoms. The molecule has 2 aliphatic heterocycles. The molecule has 0 aliphatic carbocycles. The van der Waals surface area contributed by atoms with Crippen LogP contribution < -0.4 is 10.3 Å². The lowest BCUT2D eigenvalue weighted by Gasteiger charge is -2.27. The zero-order valence-corrected chi connectivity index (χ0v) is 18.8. The molecule has 172 valence electrons. The van der Waals surface area contributed by atoms with Gasteiger partial charge in [-0.15, -0.1) is 0 Å². The standard InChI is InChI=1S/C23H28N8O2/c1-17-5-4-6-18(13-17)14-25-28-21-20-22(27-23(26-21)30-9-11-33-12-10-30)31(16-24-20)15-19(32)29-7-2-3-8-29/h4-6,13-14,16H,2-3,7-12,15H2,1H3,(H,26,27,28). The van der Waals surface area contributed by atoms with E-state index in [0.717, 1.165) is 31.5 Å². The van der Waals surface area contributed by atoms with Crippen molar-refractivity contribution in [3.63, 3.8) is 0 Å². The summed E-state index contributed by atoms with van der Waals surface area (Å²) in [5.41, 5.74) is 6.40. The van der Waals surface area contributed by atoms with Gasteiger partial charge in [0.05, 0.1) is 25.8 Å². The van der Waals surface area contributed by atoms with Crippen LogP contribution in [0.4, 0.5) is 11.8 Å². The van der Waals surface area contributed by atoms with Gasteiger partial charge in [0.1, 0.15) is 6.54 Å². The number of benzene rings is 1. The number of rotatable bonds is 6. The van der Waals surface area contributed by atoms with E-state index in [0.29, 0.717) is 49.2 Å². The Bertz CT molecular complexity index is 1160. The molecule has 3 aromatic rings. The SMILES string of the molecule is Cc1cccc(C=NNc2nc(N3CCOCC3)nc3c2ncn3CC(=O)N2CCCC2)c1. The minimum absolute atomic E-state index is 0.0883. The third kappa shape index (κ3) is 4.80. The van der Waals surface area contributed by atoms with Crippen molar-refractivity contribution in [2.45, 2.75) is 26.3 Å². The normalized spacial score (nSPS) is 16.8. The number of amides is 1. The number of fused-ring (bicyclic) bond motifs is 1. The first-order valence-corrected chi connectivity index (χ1v) is 11.4. The summed E-state index contributed by atoms with van der Waals surface area (Å²) in [6, 6.07) is 8.09. The number of hydrogen-bond acceptors (Lipinski definition) is 8. The van der Waals surface area contributed by atoms with Crippen LogP contribution in [0.5, 0.6) is 0 Å². The predicted octanol–water partition coefficient (Wildman–Crippen LogP) is 2.04. The number of aromatic nitrogens is 4. The first kappa shape index (κ1) is 21.3. The summed E-state index contributed by atoms with van der Waals surface area (Å²) in [6.45, 7) is 6.56. The Morgan fingerprint density at radius 2 is 2.00 bits per heavy atom. The summed E-state index contributed by atoms with van der Waals surface area (Å²) >= 11 is 0. The topological polar surface area (TPSA) is 101 Å². The summed E-state index contributed by atoms with van der Waals surface area (Å²) in [5, 5.41) is 4.39. The van der Waals surface area contributed by atoms with E-state index in [4.69, 9.17) is 14.7 Å². The molecule has 0 radical (unpaired) electrons. The van der Waals surface area contributed by atoms with Gasteiger partial charge in [-0.25, -0.2) is 4.98 Å². The number of hydrazone groups is 1. The molecule has 2 saturated heterocycles. The van der Waals surface area contributed by atoms with Crippen LogP contribution in [-0.2, 0) is 16.1 Å². The molecule has 2 aromatic heterocycles. The van der Waals surface area contributed by atoms with Crippen LogP contribution in [0.25, 0.3) is 11.2 Å². The number of imidazole rings is 1. The van der Waals surface area contributed by atoms with Gasteiger partial charge in [0, 0.05) is 26.2 Å². The van der Waals surface area contributed by atoms with Crippen molar-refractivity contribution in [1.82, 2.24) is 24.4 Å². The lowest BCUT2D eigenvalue weighted by atomic mass is 10.2. The first-order chi connectivity index (χ1) is 16.2. The fourth-order valence-corrected chi connectivity index (χ4v) is 4.16. The van der Waals surface area contributed by atoms with Crippen molar-refractivity contribution in [1.29, 1.82) is 0 Å². The fourth-order valence-electron chi connectivity index (χ4n) is 4.16. The van der Waals surface area contributed by atoms with Crippen molar-refractivity contribution in [2.24, 2.45) is 5.10 Å². The average Bonchev–Trinajstić information content (AvgIpc) is 3.51. The predicted molar refractivity (Wildman–Crippen MR) is 127 cm³/mol. The summed E-state index contributed by atoms with van der Waals surface area (Å²) in [4.78, 5) is 30.7. The monoisotopic (exact) mass is 448 g/mol. The molecule has 1 N–H and O–H groups in total. The van der Waals surface area contributed by atoms with Crippen molar-refractivity contribution in [2.75, 3.05) is 49.7 Å². The highest BCUT2D eigenvalue weighted by atomic mass is 16.5. The molecule has 0 saturated carbocycles. The van der Waals surface area contributed by atoms with Crippen molar-refractivity contribution >= 4 is 35.1 Å². The van der Waals surface area contributed by atoms with E-state index in [9.17, 15) is 4.79 Å². The van der Waals surface area contributed by atoms with Gasteiger partial charge in [0.25, 0.3) is 0 Å². The lowest BCUT2D eigenvalue weighted by molar-refractivity contribution is -0.130. The summed E-state index contributed by atoms with van der Waals surface area (Å²) in [7, 11) is 0. The molecule has 10 heteroatoms. The minimum Gasteiger partial charge on any atom is -0.378 e. The van der Waals surface area contributed by atoms with Gasteiger partial charge in [-0.1, -0.05) is 29.8 Å². The molecule has 1 amide bonds. The lowest BCUT2D eigenvalue weighted by Crippen LogP contribution is -2.37. The van der Waals surface area contributed by atoms with E-state index in [1.54, 1.807) is 17.1 Å². The molecule has 2 fully saturated rings. The van der Waals surface area contributed by atoms with Gasteiger partial charge in [0.2, 0.25) is 11.9 Å². The van der Waals surface area contributed by atoms with Crippen LogP contribution in [-0.4, -0.2) is 75.9 Å². The number of anilines is 2. The van der Waals surface area contributed by atoms with Gasteiger partial charge < -0.3 is 19.1 Å². The van der Waals surface area contributed by atoms with Crippen molar-refractivity contribution in [3.8, 4) is 0 Å². The van der Waals surface area contributed by atoms with Crippen LogP contribution in [0.2, 0.25) is 0 Å². The van der Waals surface area contributed by atoms with E-state index in [1.807, 2.05) is 30.0 Å². The Balaban J connectivity index is 1.45. The van der Waals surface area contributed by atoms with Crippen LogP contribution in [0.15, 0.2) is 35.7 Å². The molecule has 10 nitrogen and oxygen atoms in total. The Morgan fingerprint density at radius 1 is 1.18 bits per heavy atom. The maximum atomic E-state index is 12.8. The highest BCUT2D eigenvalue weighted by Gasteiger charge is 2.22. The number of carbonyl (C=O) groups is 1. The Hall–Kier alpha value is -3.53. The summed E-state index contributed by atoms with van der Waals surface area (Å²) in [5.74, 6) is 1.18. The highest BCUT2D eigenvalue weighted by molar-refractivity contribution is 5.87. The molecule has 0 spiro atoms. The molecule has 4 heterocycles. The molecule has 5 rings (SSSR count). The number of likely N-dealkylation sites (tertiary alicyclic amines) is 1. The van der Waals surface area contributed by atoms with Crippen LogP contribution >= 0.6 is 0 Å². The van der Waals surface area contributed by atoms with Gasteiger partial charge >= 0.3 is 0 Å². The second-order valence-electron chi connectivity index (χ2n) is 8.39. The average molecular weight is 449 g/mol. The third-order valence-corrected chi connectivity index (χ3v) is 5.94. The van der Waals surface area contributed by atoms with Gasteiger partial charge in [-0.05, 0) is 25.3 Å². The van der Waals surface area contributed by atoms with Crippen LogP contribution in [0.1, 0.15) is 24.0 Å². The van der Waals surface area contributed by atoms with Crippen LogP contribution in [0, 0.1) is 6.92 Å². The third-order valence-electron chi connectivity index (χ3n) is 5.94. The Kier molecular flexibility index (Phi) is 6.16. The number of nitrogens with one attached hydrogen (secondary N) is 1. The molecule has 33 heavy (non-hydrogen) atoms. The molecule has 0 atom stereocenters. The number of nitrogens with zero attached hydrogens (tertiary/aromatic N) is 7. The van der Waals surface area contributed by atoms with E-state index >= 15 is 0 Å². The smallest absolute Gasteiger partial charge is 0.242 e. The quantitative estimate of drug-likeness (QED) is 0.455. The maximum absolute atomic E-state index is 12.8. The van der Waals surface area contributed by atoms with Gasteiger partial charge in [-0.3, -0.25) is 10.2 Å². The number of ether oxygens (including phenoxy) is 1. The van der Waals surface area contributed by atoms with E-state index in [2.05, 4.69) is 26.5 Å². The molecular weight excluding hydrogens is 420 g/mol. The first-order valence-electron chi connectivity index (χ1n) is 11.4. The second-order valence-corrected chi connectivity index (χ2v) is 8.39. The van der Waals surface area contributed by atoms with Gasteiger partial charge in [0.15, 0.2) is 17.0 Å². The number of morpholine rings is 1. The van der Waals surface area contributed by atoms with Crippen LogP contribution in [0.3, 0.4) is 0 Å². The Morgan fingerprint density at radius 3 is 2.79 bits per heavy atom. The number of hydrogen-bond donors (Lipinski definition) is 1. The number of aryl methyl sites for hydroxylation is 1. The summed E-state index contributed by atoms with van der Waals surface area (Å²) in [6.07, 6.45) is 5.54. The fraction of sp³-hybridized carbons (Fsp3) is 0.435. The van der Waals surface area contributed by atoms with Gasteiger partial charge in [-0.2, -0.15) is 15.1 Å². The van der Waals surface area contributed by atoms with E-state index < -0.39 is 0 Å². The minimum atomic E-state index is 0.0883. The maximum Gasteiger partial charge on any atom is 0.242 e. The molecule has 0 unspecified atom stereocenters. The molecular formula is C23H28N8O2. The highest BCUT2D eigenvalue weighted by Crippen LogP contribution is 2.24.